The summed E-state index contributed by atoms with van der Waals surface area (Å²) in [5.74, 6) is -0.571. The molecule has 0 aliphatic heterocycles. The Morgan fingerprint density at radius 2 is 0.872 bits per heavy atom. The zero-order valence-corrected chi connectivity index (χ0v) is 52.2. The second-order valence-corrected chi connectivity index (χ2v) is 24.0. The highest BCUT2D eigenvalue weighted by molar-refractivity contribution is 7.45. The van der Waals surface area contributed by atoms with E-state index in [1.54, 1.807) is 0 Å². The van der Waals surface area contributed by atoms with E-state index in [1.807, 2.05) is 39.4 Å². The summed E-state index contributed by atoms with van der Waals surface area (Å²) < 4.78 is 30.3. The van der Waals surface area contributed by atoms with Gasteiger partial charge in [0.05, 0.1) is 33.8 Å². The summed E-state index contributed by atoms with van der Waals surface area (Å²) in [7, 11) is 1.16. The number of quaternary nitrogens is 1. The van der Waals surface area contributed by atoms with Crippen molar-refractivity contribution in [3.05, 3.63) is 97.2 Å². The second-order valence-electron chi connectivity index (χ2n) is 22.6. The zero-order valence-electron chi connectivity index (χ0n) is 51.3. The topological polar surface area (TPSA) is 114 Å². The summed E-state index contributed by atoms with van der Waals surface area (Å²) in [4.78, 5) is 40.0. The van der Waals surface area contributed by atoms with Crippen LogP contribution < -0.4 is 10.2 Å². The lowest BCUT2D eigenvalue weighted by Crippen LogP contribution is -2.47. The van der Waals surface area contributed by atoms with Gasteiger partial charge in [0.25, 0.3) is 7.82 Å². The van der Waals surface area contributed by atoms with E-state index in [-0.39, 0.29) is 31.3 Å². The van der Waals surface area contributed by atoms with Crippen molar-refractivity contribution in [1.29, 1.82) is 0 Å². The van der Waals surface area contributed by atoms with Crippen LogP contribution in [0.4, 0.5) is 0 Å². The van der Waals surface area contributed by atoms with E-state index in [4.69, 9.17) is 13.8 Å². The van der Waals surface area contributed by atoms with Gasteiger partial charge in [0, 0.05) is 12.8 Å². The number of nitrogens with one attached hydrogen (secondary N) is 1. The van der Waals surface area contributed by atoms with Crippen LogP contribution in [0.15, 0.2) is 97.2 Å². The highest BCUT2D eigenvalue weighted by Gasteiger charge is 2.27. The van der Waals surface area contributed by atoms with Crippen LogP contribution in [-0.4, -0.2) is 69.4 Å². The fourth-order valence-electron chi connectivity index (χ4n) is 8.86. The molecule has 0 saturated carbocycles. The average molecular weight is 1110 g/mol. The summed E-state index contributed by atoms with van der Waals surface area (Å²) in [6, 6.07) is -0.905. The first-order valence-electron chi connectivity index (χ1n) is 32.1. The molecule has 0 aromatic rings. The molecule has 0 aliphatic rings. The van der Waals surface area contributed by atoms with E-state index in [9.17, 15) is 19.0 Å². The van der Waals surface area contributed by atoms with Gasteiger partial charge >= 0.3 is 5.97 Å². The summed E-state index contributed by atoms with van der Waals surface area (Å²) in [5, 5.41) is 3.01. The zero-order chi connectivity index (χ0) is 57.2. The molecule has 1 amide bonds. The Morgan fingerprint density at radius 1 is 0.474 bits per heavy atom. The van der Waals surface area contributed by atoms with Crippen molar-refractivity contribution in [1.82, 2.24) is 5.32 Å². The number of esters is 1. The molecule has 10 heteroatoms. The molecule has 0 aliphatic carbocycles. The summed E-state index contributed by atoms with van der Waals surface area (Å²) >= 11 is 0. The first-order valence-corrected chi connectivity index (χ1v) is 33.5. The molecule has 1 N–H and O–H groups in total. The maximum absolute atomic E-state index is 13.5. The molecule has 0 bridgehead atoms. The molecular weight excluding hydrogens is 988 g/mol. The van der Waals surface area contributed by atoms with Gasteiger partial charge in [0.1, 0.15) is 19.3 Å². The number of nitrogens with zero attached hydrogens (tertiary/aromatic N) is 1. The Bertz CT molecular complexity index is 1660. The Balaban J connectivity index is 5.09. The van der Waals surface area contributed by atoms with Crippen molar-refractivity contribution in [3.8, 4) is 0 Å². The third-order valence-corrected chi connectivity index (χ3v) is 14.8. The average Bonchev–Trinajstić information content (AvgIpc) is 3.40. The van der Waals surface area contributed by atoms with Crippen molar-refractivity contribution in [3.63, 3.8) is 0 Å². The van der Waals surface area contributed by atoms with Gasteiger partial charge < -0.3 is 28.5 Å². The van der Waals surface area contributed by atoms with Gasteiger partial charge in [0.2, 0.25) is 5.91 Å². The SMILES string of the molecule is CC/C=C/C=C/C=C\CCCCCCCC(=O)NC(COP(=O)([O-])OCC[N+](C)(C)C)C(/C=C\CCCCCCCCCCCC)OC(=O)CCCCCCCCCCCCC/C=C\C/C=C\C/C=C\C/C=C\CCCCC. The predicted octanol–water partition coefficient (Wildman–Crippen LogP) is 19.3. The highest BCUT2D eigenvalue weighted by Crippen LogP contribution is 2.38. The third-order valence-electron chi connectivity index (χ3n) is 13.8. The van der Waals surface area contributed by atoms with Crippen molar-refractivity contribution in [2.24, 2.45) is 0 Å². The summed E-state index contributed by atoms with van der Waals surface area (Å²) in [5.41, 5.74) is 0. The van der Waals surface area contributed by atoms with E-state index >= 15 is 0 Å². The van der Waals surface area contributed by atoms with Crippen LogP contribution in [0.5, 0.6) is 0 Å². The minimum absolute atomic E-state index is 0.0310. The van der Waals surface area contributed by atoms with Crippen LogP contribution >= 0.6 is 7.82 Å². The van der Waals surface area contributed by atoms with Crippen LogP contribution in [0, 0.1) is 0 Å². The van der Waals surface area contributed by atoms with E-state index in [0.29, 0.717) is 17.4 Å². The molecule has 0 spiro atoms. The Hall–Kier alpha value is -3.07. The summed E-state index contributed by atoms with van der Waals surface area (Å²) in [6.45, 7) is 6.66. The molecule has 0 aromatic heterocycles. The number of amides is 1. The Morgan fingerprint density at radius 3 is 1.36 bits per heavy atom. The highest BCUT2D eigenvalue weighted by atomic mass is 31.2. The molecule has 0 heterocycles. The number of allylic oxidation sites excluding steroid dienone is 15. The molecule has 3 atom stereocenters. The lowest BCUT2D eigenvalue weighted by molar-refractivity contribution is -0.870. The Kier molecular flexibility index (Phi) is 54.9. The van der Waals surface area contributed by atoms with Gasteiger partial charge in [-0.2, -0.15) is 0 Å². The maximum atomic E-state index is 13.5. The largest absolute Gasteiger partial charge is 0.756 e. The van der Waals surface area contributed by atoms with Gasteiger partial charge in [-0.1, -0.05) is 260 Å². The van der Waals surface area contributed by atoms with Crippen molar-refractivity contribution < 1.29 is 37.3 Å². The van der Waals surface area contributed by atoms with Crippen molar-refractivity contribution >= 4 is 19.7 Å². The number of hydrogen-bond donors (Lipinski definition) is 1. The van der Waals surface area contributed by atoms with E-state index in [2.05, 4.69) is 105 Å². The fourth-order valence-corrected chi connectivity index (χ4v) is 9.58. The number of hydrogen-bond acceptors (Lipinski definition) is 7. The number of phosphoric ester groups is 1. The normalized spacial score (nSPS) is 14.3. The standard InChI is InChI=1S/C68H121N2O7P/c1-7-10-13-16-19-22-25-28-29-30-31-32-33-34-35-36-37-38-39-40-41-43-46-49-52-55-58-61-68(72)77-66(59-56-53-50-47-44-27-24-21-18-15-12-9-3)65(64-76-78(73,74)75-63-62-70(4,5)6)69-67(71)60-57-54-51-48-45-42-26-23-20-17-14-11-8-2/h11,14,17,19-20,22-23,26,28-29,31-32,34-35,56,59,65-66H,7-10,12-13,15-16,18,21,24-25,27,30,33,36-55,57-58,60-64H2,1-6H3,(H-,69,71,73,74)/b14-11+,20-17+,22-19-,26-23-,29-28-,32-31-,35-34-,59-56-. The molecule has 0 rings (SSSR count). The van der Waals surface area contributed by atoms with Crippen molar-refractivity contribution in [2.75, 3.05) is 40.9 Å². The third kappa shape index (κ3) is 57.6. The fraction of sp³-hybridized carbons (Fsp3) is 0.735. The van der Waals surface area contributed by atoms with Gasteiger partial charge in [0.15, 0.2) is 0 Å². The van der Waals surface area contributed by atoms with Crippen LogP contribution in [0.3, 0.4) is 0 Å². The quantitative estimate of drug-likeness (QED) is 0.0161. The molecule has 450 valence electrons. The molecule has 78 heavy (non-hydrogen) atoms. The number of rotatable bonds is 57. The minimum atomic E-state index is -4.71. The molecule has 3 unspecified atom stereocenters. The molecule has 9 nitrogen and oxygen atoms in total. The molecule has 0 radical (unpaired) electrons. The minimum Gasteiger partial charge on any atom is -0.756 e. The number of likely N-dealkylation sites (N-methyl/N-ethyl adjacent to an activating group) is 1. The first-order chi connectivity index (χ1) is 37.9. The van der Waals surface area contributed by atoms with Gasteiger partial charge in [-0.05, 0) is 96.0 Å². The maximum Gasteiger partial charge on any atom is 0.306 e. The smallest absolute Gasteiger partial charge is 0.306 e. The van der Waals surface area contributed by atoms with Gasteiger partial charge in [-0.3, -0.25) is 14.2 Å². The van der Waals surface area contributed by atoms with Crippen LogP contribution in [0.2, 0.25) is 0 Å². The monoisotopic (exact) mass is 1110 g/mol. The van der Waals surface area contributed by atoms with E-state index < -0.39 is 26.6 Å². The first kappa shape index (κ1) is 74.9. The van der Waals surface area contributed by atoms with Gasteiger partial charge in [-0.15, -0.1) is 0 Å². The second kappa shape index (κ2) is 57.2. The molecule has 0 fully saturated rings. The molecule has 0 saturated heterocycles. The van der Waals surface area contributed by atoms with Crippen LogP contribution in [0.25, 0.3) is 0 Å². The molecule has 0 aromatic carbocycles. The number of phosphoric acid groups is 1. The number of carbonyl (C=O) groups excluding carboxylic acids is 2. The number of unbranched alkanes of at least 4 members (excludes halogenated alkanes) is 29. The Labute approximate surface area is 481 Å². The number of carbonyl (C=O) groups is 2. The predicted molar refractivity (Wildman–Crippen MR) is 334 cm³/mol. The van der Waals surface area contributed by atoms with Crippen LogP contribution in [0.1, 0.15) is 271 Å². The number of ether oxygens (including phenoxy) is 1. The molecular formula is C68H121N2O7P. The summed E-state index contributed by atoms with van der Waals surface area (Å²) in [6.07, 6.45) is 76.7. The lowest BCUT2D eigenvalue weighted by Gasteiger charge is -2.30. The van der Waals surface area contributed by atoms with E-state index in [0.717, 1.165) is 103 Å². The van der Waals surface area contributed by atoms with Crippen molar-refractivity contribution in [2.45, 2.75) is 283 Å². The van der Waals surface area contributed by atoms with Gasteiger partial charge in [-0.25, -0.2) is 0 Å². The van der Waals surface area contributed by atoms with Crippen LogP contribution in [-0.2, 0) is 27.9 Å². The lowest BCUT2D eigenvalue weighted by atomic mass is 10.0. The van der Waals surface area contributed by atoms with E-state index in [1.165, 1.54) is 128 Å².